The smallest absolute Gasteiger partial charge is 0.255 e. The number of amides is 2. The zero-order valence-electron chi connectivity index (χ0n) is 25.8. The summed E-state index contributed by atoms with van der Waals surface area (Å²) < 4.78 is 8.15. The first-order valence-corrected chi connectivity index (χ1v) is 16.3. The molecule has 1 aliphatic rings. The molecule has 1 fully saturated rings. The van der Waals surface area contributed by atoms with Crippen molar-refractivity contribution >= 4 is 40.4 Å². The topological polar surface area (TPSA) is 70.9 Å². The first-order valence-electron chi connectivity index (χ1n) is 15.1. The fourth-order valence-corrected chi connectivity index (χ4v) is 6.21. The van der Waals surface area contributed by atoms with Crippen LogP contribution < -0.4 is 9.64 Å². The summed E-state index contributed by atoms with van der Waals surface area (Å²) in [5, 5.41) is 3.44. The van der Waals surface area contributed by atoms with Crippen molar-refractivity contribution < 1.29 is 14.3 Å². The predicted octanol–water partition coefficient (Wildman–Crippen LogP) is 6.62. The van der Waals surface area contributed by atoms with Gasteiger partial charge in [0.1, 0.15) is 17.4 Å². The van der Waals surface area contributed by atoms with Crippen molar-refractivity contribution in [3.8, 4) is 17.1 Å². The summed E-state index contributed by atoms with van der Waals surface area (Å²) in [5.74, 6) is 1.22. The molecule has 2 aromatic heterocycles. The Morgan fingerprint density at radius 1 is 1.05 bits per heavy atom. The van der Waals surface area contributed by atoms with E-state index < -0.39 is 0 Å². The Labute approximate surface area is 268 Å². The Hall–Kier alpha value is -3.66. The molecule has 1 saturated heterocycles. The maximum absolute atomic E-state index is 13.8. The van der Waals surface area contributed by atoms with Gasteiger partial charge in [0.15, 0.2) is 0 Å². The molecule has 0 spiro atoms. The van der Waals surface area contributed by atoms with Gasteiger partial charge < -0.3 is 19.1 Å². The molecular formula is C34H40ClN5O3S. The fourth-order valence-electron chi connectivity index (χ4n) is 5.32. The number of aromatic nitrogens is 2. The second-order valence-corrected chi connectivity index (χ2v) is 12.9. The largest absolute Gasteiger partial charge is 0.485 e. The minimum atomic E-state index is 0.0249. The van der Waals surface area contributed by atoms with E-state index in [1.807, 2.05) is 71.8 Å². The number of halogens is 1. The first-order chi connectivity index (χ1) is 21.2. The molecule has 0 atom stereocenters. The molecule has 0 N–H and O–H groups in total. The molecule has 2 aromatic carbocycles. The van der Waals surface area contributed by atoms with Crippen molar-refractivity contribution in [1.82, 2.24) is 19.4 Å². The van der Waals surface area contributed by atoms with Gasteiger partial charge >= 0.3 is 0 Å². The quantitative estimate of drug-likeness (QED) is 0.186. The average Bonchev–Trinajstić information content (AvgIpc) is 3.63. The van der Waals surface area contributed by atoms with E-state index in [0.717, 1.165) is 40.7 Å². The maximum Gasteiger partial charge on any atom is 0.255 e. The van der Waals surface area contributed by atoms with Gasteiger partial charge in [-0.15, -0.1) is 11.3 Å². The average molecular weight is 634 g/mol. The van der Waals surface area contributed by atoms with E-state index in [2.05, 4.69) is 23.3 Å². The Balaban J connectivity index is 1.26. The predicted molar refractivity (Wildman–Crippen MR) is 178 cm³/mol. The highest BCUT2D eigenvalue weighted by molar-refractivity contribution is 7.09. The van der Waals surface area contributed by atoms with Gasteiger partial charge in [-0.1, -0.05) is 55.8 Å². The third-order valence-electron chi connectivity index (χ3n) is 8.06. The lowest BCUT2D eigenvalue weighted by atomic mass is 10.1. The van der Waals surface area contributed by atoms with E-state index in [0.29, 0.717) is 61.6 Å². The minimum Gasteiger partial charge on any atom is -0.485 e. The number of hydrogen-bond donors (Lipinski definition) is 0. The Kier molecular flexibility index (Phi) is 10.4. The molecule has 232 valence electrons. The van der Waals surface area contributed by atoms with Crippen molar-refractivity contribution in [3.05, 3.63) is 87.3 Å². The summed E-state index contributed by atoms with van der Waals surface area (Å²) >= 11 is 7.79. The molecule has 10 heteroatoms. The van der Waals surface area contributed by atoms with E-state index in [9.17, 15) is 9.59 Å². The Bertz CT molecular complexity index is 1580. The summed E-state index contributed by atoms with van der Waals surface area (Å²) in [6, 6.07) is 19.1. The number of carbonyl (C=O) groups excluding carboxylic acids is 2. The summed E-state index contributed by atoms with van der Waals surface area (Å²) in [4.78, 5) is 37.3. The van der Waals surface area contributed by atoms with E-state index in [1.54, 1.807) is 18.0 Å². The van der Waals surface area contributed by atoms with Crippen LogP contribution in [0.15, 0.2) is 66.0 Å². The van der Waals surface area contributed by atoms with Crippen LogP contribution in [0, 0.1) is 12.8 Å². The fraction of sp³-hybridized carbons (Fsp3) is 0.382. The van der Waals surface area contributed by atoms with E-state index in [-0.39, 0.29) is 11.8 Å². The number of hydrogen-bond acceptors (Lipinski definition) is 6. The second-order valence-electron chi connectivity index (χ2n) is 11.6. The molecule has 1 aliphatic heterocycles. The van der Waals surface area contributed by atoms with E-state index in [1.165, 1.54) is 11.3 Å². The van der Waals surface area contributed by atoms with Crippen LogP contribution >= 0.6 is 22.9 Å². The van der Waals surface area contributed by atoms with Crippen LogP contribution in [-0.2, 0) is 17.9 Å². The normalized spacial score (nSPS) is 13.8. The molecule has 0 bridgehead atoms. The number of nitrogens with zero attached hydrogens (tertiary/aromatic N) is 5. The number of rotatable bonds is 11. The van der Waals surface area contributed by atoms with Gasteiger partial charge in [0.05, 0.1) is 28.5 Å². The van der Waals surface area contributed by atoms with Gasteiger partial charge in [0, 0.05) is 56.5 Å². The number of thiazole rings is 1. The zero-order valence-corrected chi connectivity index (χ0v) is 27.4. The monoisotopic (exact) mass is 633 g/mol. The van der Waals surface area contributed by atoms with Crippen molar-refractivity contribution in [2.45, 2.75) is 40.3 Å². The number of piperazine rings is 1. The van der Waals surface area contributed by atoms with Crippen molar-refractivity contribution in [1.29, 1.82) is 0 Å². The van der Waals surface area contributed by atoms with Crippen LogP contribution in [0.25, 0.3) is 11.4 Å². The first kappa shape index (κ1) is 31.8. The minimum absolute atomic E-state index is 0.0249. The third-order valence-corrected chi connectivity index (χ3v) is 9.20. The van der Waals surface area contributed by atoms with Crippen molar-refractivity contribution in [3.63, 3.8) is 0 Å². The molecule has 0 saturated carbocycles. The van der Waals surface area contributed by atoms with E-state index >= 15 is 0 Å². The molecule has 44 heavy (non-hydrogen) atoms. The SMILES string of the molecule is Cc1c(C(=O)N2CCN(CC(=O)N(C)c3ccccc3)CC2)cc(-c2csc(COc3ccccc3Cl)n2)n1CCC(C)C. The molecule has 0 aliphatic carbocycles. The zero-order chi connectivity index (χ0) is 31.2. The van der Waals surface area contributed by atoms with Gasteiger partial charge in [-0.05, 0) is 49.6 Å². The van der Waals surface area contributed by atoms with Crippen molar-refractivity contribution in [2.24, 2.45) is 5.92 Å². The molecule has 5 rings (SSSR count). The van der Waals surface area contributed by atoms with Crippen LogP contribution in [0.2, 0.25) is 5.02 Å². The third kappa shape index (κ3) is 7.52. The van der Waals surface area contributed by atoms with Gasteiger partial charge in [-0.2, -0.15) is 0 Å². The second kappa shape index (κ2) is 14.4. The van der Waals surface area contributed by atoms with Gasteiger partial charge in [-0.3, -0.25) is 14.5 Å². The van der Waals surface area contributed by atoms with Crippen LogP contribution in [0.4, 0.5) is 5.69 Å². The highest BCUT2D eigenvalue weighted by Crippen LogP contribution is 2.30. The molecule has 3 heterocycles. The summed E-state index contributed by atoms with van der Waals surface area (Å²) in [6.07, 6.45) is 0.993. The maximum atomic E-state index is 13.8. The van der Waals surface area contributed by atoms with Crippen molar-refractivity contribution in [2.75, 3.05) is 44.7 Å². The summed E-state index contributed by atoms with van der Waals surface area (Å²) in [7, 11) is 1.80. The standard InChI is InChI=1S/C34H40ClN5O3S/c1-24(2)14-15-40-25(3)27(20-30(40)29-23-44-32(36-29)22-43-31-13-9-8-12-28(31)35)34(42)39-18-16-38(17-19-39)21-33(41)37(4)26-10-6-5-7-11-26/h5-13,20,23-24H,14-19,21-22H2,1-4H3. The number of para-hydroxylation sites is 2. The molecule has 8 nitrogen and oxygen atoms in total. The number of anilines is 1. The lowest BCUT2D eigenvalue weighted by Gasteiger charge is -2.35. The molecule has 2 amide bonds. The Morgan fingerprint density at radius 2 is 1.75 bits per heavy atom. The van der Waals surface area contributed by atoms with Gasteiger partial charge in [-0.25, -0.2) is 4.98 Å². The highest BCUT2D eigenvalue weighted by atomic mass is 35.5. The number of benzene rings is 2. The lowest BCUT2D eigenvalue weighted by Crippen LogP contribution is -2.51. The lowest BCUT2D eigenvalue weighted by molar-refractivity contribution is -0.119. The van der Waals surface area contributed by atoms with Crippen LogP contribution in [0.1, 0.15) is 41.3 Å². The molecule has 0 unspecified atom stereocenters. The molecular weight excluding hydrogens is 594 g/mol. The van der Waals surface area contributed by atoms with Gasteiger partial charge in [0.25, 0.3) is 5.91 Å². The number of ether oxygens (including phenoxy) is 1. The summed E-state index contributed by atoms with van der Waals surface area (Å²) in [5.41, 5.74) is 4.32. The van der Waals surface area contributed by atoms with Gasteiger partial charge in [0.2, 0.25) is 5.91 Å². The summed E-state index contributed by atoms with van der Waals surface area (Å²) in [6.45, 7) is 10.4. The molecule has 4 aromatic rings. The number of likely N-dealkylation sites (N-methyl/N-ethyl adjacent to an activating group) is 1. The van der Waals surface area contributed by atoms with Crippen LogP contribution in [0.3, 0.4) is 0 Å². The Morgan fingerprint density at radius 3 is 2.45 bits per heavy atom. The van der Waals surface area contributed by atoms with Crippen LogP contribution in [-0.4, -0.2) is 70.9 Å². The molecule has 0 radical (unpaired) electrons. The van der Waals surface area contributed by atoms with Crippen LogP contribution in [0.5, 0.6) is 5.75 Å². The highest BCUT2D eigenvalue weighted by Gasteiger charge is 2.28. The van der Waals surface area contributed by atoms with E-state index in [4.69, 9.17) is 21.3 Å². The number of carbonyl (C=O) groups is 2.